The zero-order valence-corrected chi connectivity index (χ0v) is 14.6. The monoisotopic (exact) mass is 354 g/mol. The number of carboxylic acids is 1. The summed E-state index contributed by atoms with van der Waals surface area (Å²) >= 11 is 0. The summed E-state index contributed by atoms with van der Waals surface area (Å²) in [5.74, 6) is -0.691. The summed E-state index contributed by atoms with van der Waals surface area (Å²) < 4.78 is 5.61. The van der Waals surface area contributed by atoms with Crippen LogP contribution < -0.4 is 5.32 Å². The van der Waals surface area contributed by atoms with Crippen molar-refractivity contribution in [1.82, 2.24) is 4.90 Å². The van der Waals surface area contributed by atoms with Gasteiger partial charge in [0.05, 0.1) is 17.9 Å². The van der Waals surface area contributed by atoms with Gasteiger partial charge in [-0.15, -0.1) is 0 Å². The lowest BCUT2D eigenvalue weighted by molar-refractivity contribution is -0.135. The van der Waals surface area contributed by atoms with Gasteiger partial charge >= 0.3 is 5.97 Å². The number of ketones is 1. The SMILES string of the molecule is C[C@H]1OC=C(C(=O)O)[C@H]2C[C@H]3N(CC[C@@]34Nc3ccccc3C4=O)C[C@@H]21. The van der Waals surface area contributed by atoms with Crippen LogP contribution in [0.1, 0.15) is 30.1 Å². The molecule has 4 heterocycles. The number of piperidine rings is 1. The van der Waals surface area contributed by atoms with Crippen LogP contribution in [0.5, 0.6) is 0 Å². The van der Waals surface area contributed by atoms with Gasteiger partial charge in [-0.25, -0.2) is 4.79 Å². The second-order valence-corrected chi connectivity index (χ2v) is 7.96. The van der Waals surface area contributed by atoms with Crippen LogP contribution in [0.2, 0.25) is 0 Å². The van der Waals surface area contributed by atoms with E-state index in [0.717, 1.165) is 30.8 Å². The van der Waals surface area contributed by atoms with E-state index in [0.29, 0.717) is 12.0 Å². The number of carboxylic acid groups (broad SMARTS) is 1. The zero-order valence-electron chi connectivity index (χ0n) is 14.6. The van der Waals surface area contributed by atoms with Crippen LogP contribution in [0.15, 0.2) is 36.1 Å². The molecule has 2 fully saturated rings. The molecule has 6 nitrogen and oxygen atoms in total. The molecule has 1 aromatic rings. The van der Waals surface area contributed by atoms with Gasteiger partial charge < -0.3 is 15.2 Å². The Morgan fingerprint density at radius 1 is 1.38 bits per heavy atom. The minimum Gasteiger partial charge on any atom is -0.497 e. The van der Waals surface area contributed by atoms with Crippen molar-refractivity contribution in [2.45, 2.75) is 37.5 Å². The number of anilines is 1. The van der Waals surface area contributed by atoms with Crippen LogP contribution in [0, 0.1) is 11.8 Å². The maximum Gasteiger partial charge on any atom is 0.334 e. The molecule has 0 unspecified atom stereocenters. The van der Waals surface area contributed by atoms with Gasteiger partial charge in [0.2, 0.25) is 0 Å². The predicted octanol–water partition coefficient (Wildman–Crippen LogP) is 2.13. The second-order valence-electron chi connectivity index (χ2n) is 7.96. The number of nitrogens with zero attached hydrogens (tertiary/aromatic N) is 1. The Morgan fingerprint density at radius 3 is 2.96 bits per heavy atom. The molecule has 2 N–H and O–H groups in total. The highest BCUT2D eigenvalue weighted by atomic mass is 16.5. The third-order valence-electron chi connectivity index (χ3n) is 6.84. The Hall–Kier alpha value is -2.34. The number of Topliss-reactive ketones (excluding diaryl/α,β-unsaturated/α-hetero) is 1. The molecule has 1 spiro atoms. The van der Waals surface area contributed by atoms with Gasteiger partial charge in [0.1, 0.15) is 5.54 Å². The van der Waals surface area contributed by atoms with Crippen molar-refractivity contribution in [3.63, 3.8) is 0 Å². The summed E-state index contributed by atoms with van der Waals surface area (Å²) in [5, 5.41) is 13.1. The first kappa shape index (κ1) is 15.9. The lowest BCUT2D eigenvalue weighted by Gasteiger charge is -2.47. The number of ether oxygens (including phenoxy) is 1. The average molecular weight is 354 g/mol. The van der Waals surface area contributed by atoms with Gasteiger partial charge in [0.25, 0.3) is 0 Å². The number of hydrogen-bond acceptors (Lipinski definition) is 5. The standard InChI is InChI=1S/C20H22N2O4/c1-11-14-9-22-7-6-20(18(23)12-4-2-3-5-16(12)21-20)17(22)8-13(14)15(10-26-11)19(24)25/h2-5,10-11,13-14,17,21H,6-9H2,1H3,(H,24,25)/t11-,13+,14-,17-,20-/m1/s1. The van der Waals surface area contributed by atoms with Crippen molar-refractivity contribution in [1.29, 1.82) is 0 Å². The molecule has 4 aliphatic heterocycles. The van der Waals surface area contributed by atoms with Crippen molar-refractivity contribution in [3.8, 4) is 0 Å². The molecule has 26 heavy (non-hydrogen) atoms. The van der Waals surface area contributed by atoms with Crippen LogP contribution in [0.25, 0.3) is 0 Å². The van der Waals surface area contributed by atoms with Crippen LogP contribution in [-0.4, -0.2) is 52.5 Å². The third kappa shape index (κ3) is 1.96. The number of para-hydroxylation sites is 1. The lowest BCUT2D eigenvalue weighted by Crippen LogP contribution is -2.59. The zero-order chi connectivity index (χ0) is 18.1. The quantitative estimate of drug-likeness (QED) is 0.804. The Balaban J connectivity index is 1.52. The van der Waals surface area contributed by atoms with Crippen LogP contribution >= 0.6 is 0 Å². The first-order valence-electron chi connectivity index (χ1n) is 9.26. The van der Waals surface area contributed by atoms with E-state index < -0.39 is 11.5 Å². The van der Waals surface area contributed by atoms with Crippen LogP contribution in [0.3, 0.4) is 0 Å². The number of rotatable bonds is 1. The molecule has 136 valence electrons. The largest absolute Gasteiger partial charge is 0.497 e. The average Bonchev–Trinajstić information content (AvgIpc) is 3.13. The number of benzene rings is 1. The molecule has 6 heteroatoms. The fraction of sp³-hybridized carbons (Fsp3) is 0.500. The van der Waals surface area contributed by atoms with E-state index in [4.69, 9.17) is 4.74 Å². The number of fused-ring (bicyclic) bond motifs is 4. The Morgan fingerprint density at radius 2 is 2.19 bits per heavy atom. The van der Waals surface area contributed by atoms with Crippen LogP contribution in [0.4, 0.5) is 5.69 Å². The molecule has 0 aromatic heterocycles. The first-order chi connectivity index (χ1) is 12.5. The Bertz CT molecular complexity index is 835. The molecule has 0 saturated carbocycles. The minimum absolute atomic E-state index is 0.00923. The summed E-state index contributed by atoms with van der Waals surface area (Å²) in [4.78, 5) is 27.4. The number of carbonyl (C=O) groups is 2. The fourth-order valence-electron chi connectivity index (χ4n) is 5.49. The van der Waals surface area contributed by atoms with E-state index in [1.165, 1.54) is 6.26 Å². The van der Waals surface area contributed by atoms with Crippen molar-refractivity contribution in [3.05, 3.63) is 41.7 Å². The van der Waals surface area contributed by atoms with Crippen molar-refractivity contribution in [2.24, 2.45) is 11.8 Å². The van der Waals surface area contributed by atoms with Gasteiger partial charge in [-0.05, 0) is 31.9 Å². The normalized spacial score (nSPS) is 38.0. The molecule has 0 amide bonds. The van der Waals surface area contributed by atoms with Crippen molar-refractivity contribution >= 4 is 17.4 Å². The highest BCUT2D eigenvalue weighted by molar-refractivity contribution is 6.14. The summed E-state index contributed by atoms with van der Waals surface area (Å²) in [5.41, 5.74) is 1.37. The van der Waals surface area contributed by atoms with Crippen LogP contribution in [-0.2, 0) is 9.53 Å². The van der Waals surface area contributed by atoms with Crippen molar-refractivity contribution in [2.75, 3.05) is 18.4 Å². The minimum atomic E-state index is -0.915. The summed E-state index contributed by atoms with van der Waals surface area (Å²) in [7, 11) is 0. The summed E-state index contributed by atoms with van der Waals surface area (Å²) in [6.45, 7) is 3.63. The van der Waals surface area contributed by atoms with E-state index in [2.05, 4.69) is 10.2 Å². The van der Waals surface area contributed by atoms with Gasteiger partial charge in [0, 0.05) is 42.2 Å². The van der Waals surface area contributed by atoms with E-state index in [-0.39, 0.29) is 29.8 Å². The highest BCUT2D eigenvalue weighted by Gasteiger charge is 2.60. The van der Waals surface area contributed by atoms with Gasteiger partial charge in [-0.1, -0.05) is 12.1 Å². The third-order valence-corrected chi connectivity index (χ3v) is 6.84. The number of carbonyl (C=O) groups excluding carboxylic acids is 1. The molecule has 4 aliphatic rings. The van der Waals surface area contributed by atoms with E-state index in [1.807, 2.05) is 31.2 Å². The van der Waals surface area contributed by atoms with E-state index in [9.17, 15) is 14.7 Å². The summed E-state index contributed by atoms with van der Waals surface area (Å²) in [6, 6.07) is 7.68. The molecule has 5 atom stereocenters. The van der Waals surface area contributed by atoms with Gasteiger partial charge in [0.15, 0.2) is 5.78 Å². The van der Waals surface area contributed by atoms with Crippen molar-refractivity contribution < 1.29 is 19.4 Å². The highest BCUT2D eigenvalue weighted by Crippen LogP contribution is 2.49. The lowest BCUT2D eigenvalue weighted by atomic mass is 9.70. The van der Waals surface area contributed by atoms with E-state index in [1.54, 1.807) is 0 Å². The maximum absolute atomic E-state index is 13.3. The number of hydrogen-bond donors (Lipinski definition) is 2. The number of aliphatic carboxylic acids is 1. The topological polar surface area (TPSA) is 78.9 Å². The number of nitrogens with one attached hydrogen (secondary N) is 1. The Labute approximate surface area is 151 Å². The molecule has 2 saturated heterocycles. The molecule has 5 rings (SSSR count). The molecule has 0 bridgehead atoms. The molecular formula is C20H22N2O4. The Kier molecular flexibility index (Phi) is 3.26. The molecule has 1 aromatic carbocycles. The second kappa shape index (κ2) is 5.33. The first-order valence-corrected chi connectivity index (χ1v) is 9.26. The van der Waals surface area contributed by atoms with Gasteiger partial charge in [-0.2, -0.15) is 0 Å². The van der Waals surface area contributed by atoms with Gasteiger partial charge in [-0.3, -0.25) is 9.69 Å². The summed E-state index contributed by atoms with van der Waals surface area (Å²) in [6.07, 6.45) is 2.84. The molecular weight excluding hydrogens is 332 g/mol. The molecule has 0 aliphatic carbocycles. The predicted molar refractivity (Wildman–Crippen MR) is 95.0 cm³/mol. The molecule has 0 radical (unpaired) electrons. The smallest absolute Gasteiger partial charge is 0.334 e. The fourth-order valence-corrected chi connectivity index (χ4v) is 5.49. The van der Waals surface area contributed by atoms with E-state index >= 15 is 0 Å². The maximum atomic E-state index is 13.3.